The van der Waals surface area contributed by atoms with Gasteiger partial charge in [-0.3, -0.25) is 5.43 Å². The van der Waals surface area contributed by atoms with Crippen molar-refractivity contribution in [3.8, 4) is 0 Å². The van der Waals surface area contributed by atoms with Crippen molar-refractivity contribution >= 4 is 33.0 Å². The Hall–Kier alpha value is -2.23. The molecule has 1 aromatic carbocycles. The Labute approximate surface area is 140 Å². The Morgan fingerprint density at radius 3 is 2.78 bits per heavy atom. The van der Waals surface area contributed by atoms with E-state index in [-0.39, 0.29) is 0 Å². The molecule has 0 aliphatic rings. The van der Waals surface area contributed by atoms with Crippen molar-refractivity contribution in [2.45, 2.75) is 15.6 Å². The van der Waals surface area contributed by atoms with E-state index in [4.69, 9.17) is 0 Å². The maximum atomic E-state index is 12.5. The van der Waals surface area contributed by atoms with Gasteiger partial charge in [0.1, 0.15) is 10.0 Å². The van der Waals surface area contributed by atoms with E-state index >= 15 is 0 Å². The molecule has 0 bridgehead atoms. The lowest BCUT2D eigenvalue weighted by molar-refractivity contribution is 0.684. The quantitative estimate of drug-likeness (QED) is 0.489. The van der Waals surface area contributed by atoms with E-state index in [0.717, 1.165) is 16.4 Å². The summed E-state index contributed by atoms with van der Waals surface area (Å²) in [6.45, 7) is 0.538. The summed E-state index contributed by atoms with van der Waals surface area (Å²) in [5.41, 5.74) is 6.97. The largest absolute Gasteiger partial charge is 0.388 e. The summed E-state index contributed by atoms with van der Waals surface area (Å²) in [7, 11) is 0.621. The number of anilines is 2. The molecule has 9 heteroatoms. The van der Waals surface area contributed by atoms with Crippen molar-refractivity contribution in [3.63, 3.8) is 0 Å². The first kappa shape index (κ1) is 15.7. The van der Waals surface area contributed by atoms with Gasteiger partial charge in [-0.25, -0.2) is 19.6 Å². The molecule has 3 rings (SSSR count). The highest BCUT2D eigenvalue weighted by molar-refractivity contribution is 7.87. The standard InChI is InChI=1S/C14H16N6OS2/c1-15-10-2-4-11(5-3-10)23(21)13-9-18-14(22-13)20-19-8-12-16-6-7-17-12/h2-7,9,15,19H,8H2,1H3,(H,16,17)(H,18,20). The predicted molar refractivity (Wildman–Crippen MR) is 91.8 cm³/mol. The molecule has 0 fully saturated rings. The minimum atomic E-state index is -1.23. The fraction of sp³-hybridized carbons (Fsp3) is 0.143. The van der Waals surface area contributed by atoms with Gasteiger partial charge in [0.15, 0.2) is 5.13 Å². The number of thiazole rings is 1. The fourth-order valence-corrected chi connectivity index (χ4v) is 3.98. The van der Waals surface area contributed by atoms with Crippen LogP contribution < -0.4 is 16.2 Å². The second kappa shape index (κ2) is 7.36. The van der Waals surface area contributed by atoms with Crippen LogP contribution in [-0.2, 0) is 17.3 Å². The van der Waals surface area contributed by atoms with Crippen LogP contribution in [0.25, 0.3) is 0 Å². The molecule has 0 spiro atoms. The highest BCUT2D eigenvalue weighted by Gasteiger charge is 2.11. The van der Waals surface area contributed by atoms with Crippen molar-refractivity contribution in [1.82, 2.24) is 20.4 Å². The zero-order chi connectivity index (χ0) is 16.1. The summed E-state index contributed by atoms with van der Waals surface area (Å²) < 4.78 is 13.2. The van der Waals surface area contributed by atoms with Gasteiger partial charge in [0.25, 0.3) is 0 Å². The maximum Gasteiger partial charge on any atom is 0.198 e. The third-order valence-corrected chi connectivity index (χ3v) is 5.61. The number of aromatic amines is 1. The van der Waals surface area contributed by atoms with Crippen molar-refractivity contribution < 1.29 is 4.21 Å². The van der Waals surface area contributed by atoms with Gasteiger partial charge >= 0.3 is 0 Å². The van der Waals surface area contributed by atoms with Crippen LogP contribution in [0.4, 0.5) is 10.8 Å². The molecule has 1 atom stereocenters. The summed E-state index contributed by atoms with van der Waals surface area (Å²) in [6.07, 6.45) is 5.09. The number of nitrogens with zero attached hydrogens (tertiary/aromatic N) is 2. The molecule has 0 amide bonds. The molecule has 1 unspecified atom stereocenters. The van der Waals surface area contributed by atoms with Crippen molar-refractivity contribution in [2.24, 2.45) is 0 Å². The molecular formula is C14H16N6OS2. The van der Waals surface area contributed by atoms with Gasteiger partial charge in [0, 0.05) is 30.0 Å². The molecule has 0 saturated heterocycles. The number of H-pyrrole nitrogens is 1. The molecule has 2 aromatic heterocycles. The van der Waals surface area contributed by atoms with Gasteiger partial charge in [-0.15, -0.1) is 0 Å². The Kier molecular flexibility index (Phi) is 5.01. The van der Waals surface area contributed by atoms with Crippen molar-refractivity contribution in [3.05, 3.63) is 48.7 Å². The normalized spacial score (nSPS) is 12.0. The molecule has 2 heterocycles. The number of benzene rings is 1. The minimum Gasteiger partial charge on any atom is -0.388 e. The monoisotopic (exact) mass is 348 g/mol. The average molecular weight is 348 g/mol. The second-order valence-electron chi connectivity index (χ2n) is 4.54. The summed E-state index contributed by atoms with van der Waals surface area (Å²) in [5.74, 6) is 0.822. The van der Waals surface area contributed by atoms with Crippen LogP contribution in [0.2, 0.25) is 0 Å². The summed E-state index contributed by atoms with van der Waals surface area (Å²) in [4.78, 5) is 12.1. The molecular weight excluding hydrogens is 332 g/mol. The van der Waals surface area contributed by atoms with E-state index < -0.39 is 10.8 Å². The topological polar surface area (TPSA) is 94.7 Å². The first-order valence-corrected chi connectivity index (χ1v) is 8.85. The number of rotatable bonds is 7. The maximum absolute atomic E-state index is 12.5. The zero-order valence-electron chi connectivity index (χ0n) is 12.4. The smallest absolute Gasteiger partial charge is 0.198 e. The van der Waals surface area contributed by atoms with Crippen LogP contribution in [0.15, 0.2) is 52.0 Å². The fourth-order valence-electron chi connectivity index (χ4n) is 1.86. The third kappa shape index (κ3) is 3.95. The van der Waals surface area contributed by atoms with E-state index in [2.05, 4.69) is 31.1 Å². The van der Waals surface area contributed by atoms with Crippen LogP contribution in [0, 0.1) is 0 Å². The number of aromatic nitrogens is 3. The van der Waals surface area contributed by atoms with Gasteiger partial charge < -0.3 is 10.3 Å². The zero-order valence-corrected chi connectivity index (χ0v) is 14.0. The van der Waals surface area contributed by atoms with E-state index in [0.29, 0.717) is 15.9 Å². The number of hydrogen-bond acceptors (Lipinski definition) is 7. The first-order chi connectivity index (χ1) is 11.3. The van der Waals surface area contributed by atoms with E-state index in [9.17, 15) is 4.21 Å². The molecule has 0 aliphatic heterocycles. The molecule has 23 heavy (non-hydrogen) atoms. The number of hydrogen-bond donors (Lipinski definition) is 4. The van der Waals surface area contributed by atoms with Crippen molar-refractivity contribution in [1.29, 1.82) is 0 Å². The van der Waals surface area contributed by atoms with Gasteiger partial charge in [-0.1, -0.05) is 11.3 Å². The summed E-state index contributed by atoms with van der Waals surface area (Å²) >= 11 is 1.35. The molecule has 120 valence electrons. The molecule has 0 saturated carbocycles. The van der Waals surface area contributed by atoms with Crippen LogP contribution in [0.3, 0.4) is 0 Å². The van der Waals surface area contributed by atoms with Crippen LogP contribution >= 0.6 is 11.3 Å². The van der Waals surface area contributed by atoms with Gasteiger partial charge in [0.05, 0.1) is 23.5 Å². The lowest BCUT2D eigenvalue weighted by atomic mass is 10.3. The molecule has 0 aliphatic carbocycles. The minimum absolute atomic E-state index is 0.538. The highest BCUT2D eigenvalue weighted by Crippen LogP contribution is 2.25. The Morgan fingerprint density at radius 1 is 1.26 bits per heavy atom. The molecule has 7 nitrogen and oxygen atoms in total. The Balaban J connectivity index is 1.60. The average Bonchev–Trinajstić information content (AvgIpc) is 3.26. The van der Waals surface area contributed by atoms with Gasteiger partial charge in [-0.2, -0.15) is 0 Å². The number of hydrazine groups is 1. The first-order valence-electron chi connectivity index (χ1n) is 6.89. The molecule has 4 N–H and O–H groups in total. The molecule has 3 aromatic rings. The van der Waals surface area contributed by atoms with E-state index in [1.165, 1.54) is 11.3 Å². The van der Waals surface area contributed by atoms with E-state index in [1.807, 2.05) is 31.3 Å². The van der Waals surface area contributed by atoms with Crippen molar-refractivity contribution in [2.75, 3.05) is 17.8 Å². The van der Waals surface area contributed by atoms with Crippen LogP contribution in [-0.4, -0.2) is 26.2 Å². The summed E-state index contributed by atoms with van der Waals surface area (Å²) in [5, 5.41) is 3.70. The van der Waals surface area contributed by atoms with E-state index in [1.54, 1.807) is 18.6 Å². The third-order valence-electron chi connectivity index (χ3n) is 3.03. The highest BCUT2D eigenvalue weighted by atomic mass is 32.2. The van der Waals surface area contributed by atoms with Crippen LogP contribution in [0.1, 0.15) is 5.82 Å². The Bertz CT molecular complexity index is 769. The Morgan fingerprint density at radius 2 is 2.09 bits per heavy atom. The lowest BCUT2D eigenvalue weighted by Gasteiger charge is -2.03. The predicted octanol–water partition coefficient (Wildman–Crippen LogP) is 2.19. The molecule has 0 radical (unpaired) electrons. The van der Waals surface area contributed by atoms with Gasteiger partial charge in [-0.05, 0) is 24.3 Å². The summed E-state index contributed by atoms with van der Waals surface area (Å²) in [6, 6.07) is 7.50. The van der Waals surface area contributed by atoms with Gasteiger partial charge in [0.2, 0.25) is 0 Å². The SMILES string of the molecule is CNc1ccc(S(=O)c2cnc(NNCc3ncc[nH]3)s2)cc1. The lowest BCUT2D eigenvalue weighted by Crippen LogP contribution is -2.21. The second-order valence-corrected chi connectivity index (χ2v) is 7.28. The number of nitrogens with one attached hydrogen (secondary N) is 4. The number of imidazole rings is 1. The van der Waals surface area contributed by atoms with Crippen LogP contribution in [0.5, 0.6) is 0 Å².